The molecule has 1 aromatic rings. The van der Waals surface area contributed by atoms with Crippen molar-refractivity contribution in [1.82, 2.24) is 10.0 Å². The summed E-state index contributed by atoms with van der Waals surface area (Å²) in [6, 6.07) is 5.11. The number of benzene rings is 1. The van der Waals surface area contributed by atoms with E-state index < -0.39 is 10.0 Å². The van der Waals surface area contributed by atoms with Crippen molar-refractivity contribution in [1.29, 1.82) is 0 Å². The lowest BCUT2D eigenvalue weighted by molar-refractivity contribution is 0.328. The lowest BCUT2D eigenvalue weighted by atomic mass is 9.97. The highest BCUT2D eigenvalue weighted by Crippen LogP contribution is 2.21. The van der Waals surface area contributed by atoms with Crippen LogP contribution in [0.25, 0.3) is 0 Å². The molecule has 0 saturated carbocycles. The number of halogens is 1. The molecular weight excluding hydrogens is 328 g/mol. The minimum atomic E-state index is -3.43. The Labute approximate surface area is 123 Å². The molecule has 1 aliphatic heterocycles. The lowest BCUT2D eigenvalue weighted by Gasteiger charge is -2.30. The molecule has 0 spiro atoms. The Kier molecular flexibility index (Phi) is 4.66. The second kappa shape index (κ2) is 5.91. The van der Waals surface area contributed by atoms with Gasteiger partial charge in [-0.05, 0) is 56.1 Å². The molecule has 2 N–H and O–H groups in total. The van der Waals surface area contributed by atoms with Crippen LogP contribution in [0, 0.1) is 12.8 Å². The summed E-state index contributed by atoms with van der Waals surface area (Å²) in [4.78, 5) is 0.332. The van der Waals surface area contributed by atoms with Crippen LogP contribution in [0.5, 0.6) is 0 Å². The van der Waals surface area contributed by atoms with Crippen LogP contribution in [0.4, 0.5) is 0 Å². The topological polar surface area (TPSA) is 58.2 Å². The number of sulfonamides is 1. The molecule has 19 heavy (non-hydrogen) atoms. The number of hydrogen-bond acceptors (Lipinski definition) is 3. The number of hydrogen-bond donors (Lipinski definition) is 2. The summed E-state index contributed by atoms with van der Waals surface area (Å²) >= 11 is 3.38. The predicted molar refractivity (Wildman–Crippen MR) is 79.6 cm³/mol. The van der Waals surface area contributed by atoms with E-state index in [1.807, 2.05) is 6.92 Å². The minimum Gasteiger partial charge on any atom is -0.316 e. The van der Waals surface area contributed by atoms with Gasteiger partial charge in [0.05, 0.1) is 4.90 Å². The summed E-state index contributed by atoms with van der Waals surface area (Å²) < 4.78 is 28.5. The van der Waals surface area contributed by atoms with Crippen molar-refractivity contribution >= 4 is 26.0 Å². The minimum absolute atomic E-state index is 0.00945. The van der Waals surface area contributed by atoms with Gasteiger partial charge in [0.1, 0.15) is 0 Å². The van der Waals surface area contributed by atoms with Gasteiger partial charge in [-0.3, -0.25) is 0 Å². The van der Waals surface area contributed by atoms with Gasteiger partial charge in [0.15, 0.2) is 0 Å². The standard InChI is InChI=1S/C13H19BrN2O2S/c1-9-7-11(3-4-12(9)14)19(17,18)16-13-5-6-15-8-10(13)2/h3-4,7,10,13,15-16H,5-6,8H2,1-2H3. The summed E-state index contributed by atoms with van der Waals surface area (Å²) in [5.41, 5.74) is 0.918. The molecule has 4 nitrogen and oxygen atoms in total. The Morgan fingerprint density at radius 3 is 2.79 bits per heavy atom. The summed E-state index contributed by atoms with van der Waals surface area (Å²) in [5.74, 6) is 0.306. The summed E-state index contributed by atoms with van der Waals surface area (Å²) in [6.07, 6.45) is 0.829. The zero-order valence-electron chi connectivity index (χ0n) is 11.1. The van der Waals surface area contributed by atoms with Gasteiger partial charge in [-0.1, -0.05) is 22.9 Å². The van der Waals surface area contributed by atoms with Gasteiger partial charge in [-0.15, -0.1) is 0 Å². The molecule has 0 aromatic heterocycles. The highest BCUT2D eigenvalue weighted by Gasteiger charge is 2.26. The van der Waals surface area contributed by atoms with Gasteiger partial charge in [0.2, 0.25) is 10.0 Å². The summed E-state index contributed by atoms with van der Waals surface area (Å²) in [5, 5.41) is 3.27. The number of rotatable bonds is 3. The molecule has 1 aliphatic rings. The lowest BCUT2D eigenvalue weighted by Crippen LogP contribution is -2.48. The highest BCUT2D eigenvalue weighted by atomic mass is 79.9. The zero-order valence-corrected chi connectivity index (χ0v) is 13.5. The van der Waals surface area contributed by atoms with Gasteiger partial charge in [0, 0.05) is 10.5 Å². The molecule has 0 bridgehead atoms. The van der Waals surface area contributed by atoms with Crippen LogP contribution < -0.4 is 10.0 Å². The first kappa shape index (κ1) is 15.0. The predicted octanol–water partition coefficient (Wildman–Crippen LogP) is 2.03. The van der Waals surface area contributed by atoms with E-state index in [0.29, 0.717) is 10.8 Å². The molecule has 106 valence electrons. The van der Waals surface area contributed by atoms with Crippen molar-refractivity contribution in [3.63, 3.8) is 0 Å². The zero-order chi connectivity index (χ0) is 14.0. The molecule has 1 aromatic carbocycles. The van der Waals surface area contributed by atoms with Crippen molar-refractivity contribution in [2.24, 2.45) is 5.92 Å². The van der Waals surface area contributed by atoms with Crippen molar-refractivity contribution in [3.8, 4) is 0 Å². The first-order valence-electron chi connectivity index (χ1n) is 6.39. The largest absolute Gasteiger partial charge is 0.316 e. The van der Waals surface area contributed by atoms with Crippen LogP contribution >= 0.6 is 15.9 Å². The van der Waals surface area contributed by atoms with Crippen LogP contribution in [0.15, 0.2) is 27.6 Å². The molecule has 0 amide bonds. The van der Waals surface area contributed by atoms with Crippen LogP contribution in [0.2, 0.25) is 0 Å². The smallest absolute Gasteiger partial charge is 0.240 e. The van der Waals surface area contributed by atoms with Gasteiger partial charge in [-0.2, -0.15) is 0 Å². The maximum atomic E-state index is 12.4. The average molecular weight is 347 g/mol. The molecule has 1 saturated heterocycles. The second-order valence-corrected chi connectivity index (χ2v) is 7.68. The molecule has 2 rings (SSSR count). The number of nitrogens with one attached hydrogen (secondary N) is 2. The summed E-state index contributed by atoms with van der Waals surface area (Å²) in [7, 11) is -3.43. The molecule has 1 heterocycles. The van der Waals surface area contributed by atoms with Crippen molar-refractivity contribution < 1.29 is 8.42 Å². The van der Waals surface area contributed by atoms with E-state index in [2.05, 4.69) is 32.9 Å². The molecule has 0 aliphatic carbocycles. The van der Waals surface area contributed by atoms with Crippen LogP contribution in [-0.2, 0) is 10.0 Å². The Morgan fingerprint density at radius 1 is 1.42 bits per heavy atom. The third-order valence-corrected chi connectivity index (χ3v) is 5.91. The van der Waals surface area contributed by atoms with Gasteiger partial charge < -0.3 is 5.32 Å². The van der Waals surface area contributed by atoms with Crippen molar-refractivity contribution in [3.05, 3.63) is 28.2 Å². The highest BCUT2D eigenvalue weighted by molar-refractivity contribution is 9.10. The van der Waals surface area contributed by atoms with E-state index in [1.165, 1.54) is 0 Å². The van der Waals surface area contributed by atoms with E-state index in [4.69, 9.17) is 0 Å². The Hall–Kier alpha value is -0.430. The first-order valence-corrected chi connectivity index (χ1v) is 8.67. The Bertz CT molecular complexity index is 560. The fourth-order valence-corrected chi connectivity index (χ4v) is 3.95. The van der Waals surface area contributed by atoms with Gasteiger partial charge in [-0.25, -0.2) is 13.1 Å². The molecule has 0 radical (unpaired) electrons. The fraction of sp³-hybridized carbons (Fsp3) is 0.538. The van der Waals surface area contributed by atoms with E-state index in [-0.39, 0.29) is 6.04 Å². The fourth-order valence-electron chi connectivity index (χ4n) is 2.24. The number of aryl methyl sites for hydroxylation is 1. The molecule has 6 heteroatoms. The van der Waals surface area contributed by atoms with E-state index in [0.717, 1.165) is 29.5 Å². The quantitative estimate of drug-likeness (QED) is 0.880. The van der Waals surface area contributed by atoms with Crippen molar-refractivity contribution in [2.75, 3.05) is 13.1 Å². The Balaban J connectivity index is 2.19. The van der Waals surface area contributed by atoms with Crippen molar-refractivity contribution in [2.45, 2.75) is 31.2 Å². The monoisotopic (exact) mass is 346 g/mol. The third kappa shape index (κ3) is 3.56. The molecule has 2 atom stereocenters. The molecular formula is C13H19BrN2O2S. The molecule has 2 unspecified atom stereocenters. The first-order chi connectivity index (χ1) is 8.90. The molecule has 1 fully saturated rings. The van der Waals surface area contributed by atoms with Gasteiger partial charge in [0.25, 0.3) is 0 Å². The summed E-state index contributed by atoms with van der Waals surface area (Å²) in [6.45, 7) is 5.66. The van der Waals surface area contributed by atoms with Crippen LogP contribution in [0.3, 0.4) is 0 Å². The SMILES string of the molecule is Cc1cc(S(=O)(=O)NC2CCNCC2C)ccc1Br. The van der Waals surface area contributed by atoms with Crippen LogP contribution in [0.1, 0.15) is 18.9 Å². The van der Waals surface area contributed by atoms with Crippen LogP contribution in [-0.4, -0.2) is 27.5 Å². The third-order valence-electron chi connectivity index (χ3n) is 3.53. The second-order valence-electron chi connectivity index (χ2n) is 5.11. The maximum absolute atomic E-state index is 12.4. The average Bonchev–Trinajstić information content (AvgIpc) is 2.35. The normalized spacial score (nSPS) is 24.4. The maximum Gasteiger partial charge on any atom is 0.240 e. The van der Waals surface area contributed by atoms with E-state index in [1.54, 1.807) is 18.2 Å². The Morgan fingerprint density at radius 2 is 2.16 bits per heavy atom. The number of piperidine rings is 1. The van der Waals surface area contributed by atoms with Gasteiger partial charge >= 0.3 is 0 Å². The van der Waals surface area contributed by atoms with E-state index in [9.17, 15) is 8.42 Å². The van der Waals surface area contributed by atoms with E-state index >= 15 is 0 Å².